The zero-order valence-corrected chi connectivity index (χ0v) is 10.3. The summed E-state index contributed by atoms with van der Waals surface area (Å²) in [5, 5.41) is 7.90. The first-order valence-corrected chi connectivity index (χ1v) is 6.61. The highest BCUT2D eigenvalue weighted by molar-refractivity contribution is 5.00. The van der Waals surface area contributed by atoms with Crippen molar-refractivity contribution in [3.05, 3.63) is 18.0 Å². The van der Waals surface area contributed by atoms with Gasteiger partial charge >= 0.3 is 0 Å². The Balaban J connectivity index is 1.73. The van der Waals surface area contributed by atoms with Crippen LogP contribution in [0.5, 0.6) is 0 Å². The second-order valence-electron chi connectivity index (χ2n) is 4.83. The normalized spacial score (nSPS) is 17.1. The van der Waals surface area contributed by atoms with Crippen molar-refractivity contribution >= 4 is 0 Å². The van der Waals surface area contributed by atoms with Crippen LogP contribution in [-0.4, -0.2) is 16.3 Å². The third kappa shape index (κ3) is 3.08. The van der Waals surface area contributed by atoms with Crippen molar-refractivity contribution in [2.24, 2.45) is 5.92 Å². The lowest BCUT2D eigenvalue weighted by atomic mass is 10.1. The fourth-order valence-electron chi connectivity index (χ4n) is 2.54. The van der Waals surface area contributed by atoms with Crippen LogP contribution in [0.25, 0.3) is 0 Å². The topological polar surface area (TPSA) is 29.9 Å². The first-order chi connectivity index (χ1) is 7.90. The van der Waals surface area contributed by atoms with Gasteiger partial charge < -0.3 is 5.32 Å². The highest BCUT2D eigenvalue weighted by atomic mass is 15.3. The molecule has 1 aromatic rings. The molecule has 1 heterocycles. The molecule has 1 aliphatic carbocycles. The van der Waals surface area contributed by atoms with E-state index in [-0.39, 0.29) is 0 Å². The Hall–Kier alpha value is -0.830. The first kappa shape index (κ1) is 11.6. The summed E-state index contributed by atoms with van der Waals surface area (Å²) < 4.78 is 2.11. The van der Waals surface area contributed by atoms with E-state index in [4.69, 9.17) is 0 Å². The van der Waals surface area contributed by atoms with E-state index < -0.39 is 0 Å². The lowest BCUT2D eigenvalue weighted by Crippen LogP contribution is -2.22. The summed E-state index contributed by atoms with van der Waals surface area (Å²) in [5.41, 5.74) is 1.32. The zero-order valence-electron chi connectivity index (χ0n) is 10.3. The molecule has 16 heavy (non-hydrogen) atoms. The average molecular weight is 221 g/mol. The van der Waals surface area contributed by atoms with E-state index in [1.807, 2.05) is 6.20 Å². The van der Waals surface area contributed by atoms with Gasteiger partial charge in [-0.3, -0.25) is 4.68 Å². The van der Waals surface area contributed by atoms with Crippen LogP contribution in [-0.2, 0) is 13.1 Å². The van der Waals surface area contributed by atoms with Gasteiger partial charge in [-0.25, -0.2) is 0 Å². The van der Waals surface area contributed by atoms with Crippen LogP contribution in [0.1, 0.15) is 44.7 Å². The fraction of sp³-hybridized carbons (Fsp3) is 0.769. The van der Waals surface area contributed by atoms with Crippen molar-refractivity contribution in [3.8, 4) is 0 Å². The maximum atomic E-state index is 4.33. The minimum absolute atomic E-state index is 0.919. The number of aryl methyl sites for hydroxylation is 1. The second-order valence-corrected chi connectivity index (χ2v) is 4.83. The molecule has 0 spiro atoms. The molecule has 0 aliphatic heterocycles. The fourth-order valence-corrected chi connectivity index (χ4v) is 2.54. The van der Waals surface area contributed by atoms with E-state index in [1.54, 1.807) is 0 Å². The molecule has 2 rings (SSSR count). The summed E-state index contributed by atoms with van der Waals surface area (Å²) in [6.07, 6.45) is 8.75. The molecule has 1 N–H and O–H groups in total. The molecule has 1 fully saturated rings. The van der Waals surface area contributed by atoms with Crippen molar-refractivity contribution in [2.45, 2.75) is 52.1 Å². The molecule has 3 nitrogen and oxygen atoms in total. The Morgan fingerprint density at radius 2 is 2.25 bits per heavy atom. The number of hydrogen-bond acceptors (Lipinski definition) is 2. The quantitative estimate of drug-likeness (QED) is 0.800. The molecule has 0 atom stereocenters. The summed E-state index contributed by atoms with van der Waals surface area (Å²) in [6.45, 7) is 5.37. The molecule has 0 unspecified atom stereocenters. The maximum absolute atomic E-state index is 4.33. The smallest absolute Gasteiger partial charge is 0.0522 e. The second kappa shape index (κ2) is 6.04. The number of hydrogen-bond donors (Lipinski definition) is 1. The predicted octanol–water partition coefficient (Wildman–Crippen LogP) is 2.57. The molecule has 0 aromatic carbocycles. The number of aromatic nitrogens is 2. The highest BCUT2D eigenvalue weighted by Crippen LogP contribution is 2.23. The van der Waals surface area contributed by atoms with Gasteiger partial charge in [-0.05, 0) is 37.8 Å². The van der Waals surface area contributed by atoms with Gasteiger partial charge in [0.25, 0.3) is 0 Å². The molecule has 0 radical (unpaired) electrons. The van der Waals surface area contributed by atoms with Crippen LogP contribution in [0.15, 0.2) is 12.3 Å². The predicted molar refractivity (Wildman–Crippen MR) is 66.2 cm³/mol. The molecule has 3 heteroatoms. The van der Waals surface area contributed by atoms with Crippen LogP contribution in [0.3, 0.4) is 0 Å². The SMILES string of the molecule is CCCn1nccc1CNCC1CCCC1. The summed E-state index contributed by atoms with van der Waals surface area (Å²) in [4.78, 5) is 0. The van der Waals surface area contributed by atoms with Gasteiger partial charge in [-0.2, -0.15) is 5.10 Å². The third-order valence-corrected chi connectivity index (χ3v) is 3.45. The van der Waals surface area contributed by atoms with Crippen molar-refractivity contribution in [3.63, 3.8) is 0 Å². The largest absolute Gasteiger partial charge is 0.311 e. The first-order valence-electron chi connectivity index (χ1n) is 6.61. The van der Waals surface area contributed by atoms with Crippen molar-refractivity contribution in [1.82, 2.24) is 15.1 Å². The molecular formula is C13H23N3. The summed E-state index contributed by atoms with van der Waals surface area (Å²) in [5.74, 6) is 0.919. The lowest BCUT2D eigenvalue weighted by molar-refractivity contribution is 0.474. The number of rotatable bonds is 6. The Bertz CT molecular complexity index is 300. The van der Waals surface area contributed by atoms with Gasteiger partial charge in [0.1, 0.15) is 0 Å². The molecule has 1 aromatic heterocycles. The Kier molecular flexibility index (Phi) is 4.40. The van der Waals surface area contributed by atoms with Gasteiger partial charge in [0.05, 0.1) is 5.69 Å². The summed E-state index contributed by atoms with van der Waals surface area (Å²) in [7, 11) is 0. The standard InChI is InChI=1S/C13H23N3/c1-2-9-16-13(7-8-15-16)11-14-10-12-5-3-4-6-12/h7-8,12,14H,2-6,9-11H2,1H3. The van der Waals surface area contributed by atoms with Crippen molar-refractivity contribution in [2.75, 3.05) is 6.54 Å². The highest BCUT2D eigenvalue weighted by Gasteiger charge is 2.14. The van der Waals surface area contributed by atoms with Gasteiger partial charge in [0, 0.05) is 19.3 Å². The van der Waals surface area contributed by atoms with Gasteiger partial charge in [-0.1, -0.05) is 19.8 Å². The van der Waals surface area contributed by atoms with Crippen molar-refractivity contribution in [1.29, 1.82) is 0 Å². The Labute approximate surface area is 98.2 Å². The van der Waals surface area contributed by atoms with E-state index >= 15 is 0 Å². The summed E-state index contributed by atoms with van der Waals surface area (Å²) in [6, 6.07) is 2.12. The van der Waals surface area contributed by atoms with E-state index in [1.165, 1.54) is 37.9 Å². The average Bonchev–Trinajstić information content (AvgIpc) is 2.91. The molecule has 0 amide bonds. The molecule has 90 valence electrons. The van der Waals surface area contributed by atoms with Crippen molar-refractivity contribution < 1.29 is 0 Å². The van der Waals surface area contributed by atoms with Gasteiger partial charge in [0.15, 0.2) is 0 Å². The van der Waals surface area contributed by atoms with E-state index in [0.29, 0.717) is 0 Å². The minimum atomic E-state index is 0.919. The zero-order chi connectivity index (χ0) is 11.2. The van der Waals surface area contributed by atoms with Gasteiger partial charge in [0.2, 0.25) is 0 Å². The molecule has 1 aliphatic rings. The van der Waals surface area contributed by atoms with Crippen LogP contribution >= 0.6 is 0 Å². The monoisotopic (exact) mass is 221 g/mol. The molecule has 0 saturated heterocycles. The molecule has 0 bridgehead atoms. The van der Waals surface area contributed by atoms with E-state index in [0.717, 1.165) is 25.4 Å². The Morgan fingerprint density at radius 3 is 3.00 bits per heavy atom. The maximum Gasteiger partial charge on any atom is 0.0522 e. The van der Waals surface area contributed by atoms with Crippen LogP contribution < -0.4 is 5.32 Å². The minimum Gasteiger partial charge on any atom is -0.311 e. The van der Waals surface area contributed by atoms with Gasteiger partial charge in [-0.15, -0.1) is 0 Å². The lowest BCUT2D eigenvalue weighted by Gasteiger charge is -2.11. The van der Waals surface area contributed by atoms with Crippen LogP contribution in [0, 0.1) is 5.92 Å². The number of nitrogens with one attached hydrogen (secondary N) is 1. The van der Waals surface area contributed by atoms with Crippen LogP contribution in [0.2, 0.25) is 0 Å². The van der Waals surface area contributed by atoms with Crippen LogP contribution in [0.4, 0.5) is 0 Å². The summed E-state index contributed by atoms with van der Waals surface area (Å²) >= 11 is 0. The van der Waals surface area contributed by atoms with E-state index in [2.05, 4.69) is 28.1 Å². The molecular weight excluding hydrogens is 198 g/mol. The van der Waals surface area contributed by atoms with E-state index in [9.17, 15) is 0 Å². The molecule has 1 saturated carbocycles. The number of nitrogens with zero attached hydrogens (tertiary/aromatic N) is 2. The Morgan fingerprint density at radius 1 is 1.44 bits per heavy atom. The third-order valence-electron chi connectivity index (χ3n) is 3.45.